The van der Waals surface area contributed by atoms with Crippen LogP contribution in [-0.4, -0.2) is 10.0 Å². The molecular formula is C15H13F2NO3. The summed E-state index contributed by atoms with van der Waals surface area (Å²) in [4.78, 5) is 10.3. The minimum absolute atomic E-state index is 0.190. The number of hydrogen-bond acceptors (Lipinski definition) is 3. The topological polar surface area (TPSA) is 63.4 Å². The zero-order valence-electron chi connectivity index (χ0n) is 11.2. The Bertz CT molecular complexity index is 689. The number of para-hydroxylation sites is 1. The predicted molar refractivity (Wildman–Crippen MR) is 72.9 cm³/mol. The molecule has 0 saturated carbocycles. The van der Waals surface area contributed by atoms with Crippen molar-refractivity contribution in [1.82, 2.24) is 0 Å². The molecule has 110 valence electrons. The van der Waals surface area contributed by atoms with Gasteiger partial charge in [-0.1, -0.05) is 24.3 Å². The monoisotopic (exact) mass is 293 g/mol. The quantitative estimate of drug-likeness (QED) is 0.693. The van der Waals surface area contributed by atoms with Crippen LogP contribution in [0.4, 0.5) is 14.5 Å². The molecule has 0 aromatic heterocycles. The second-order valence-electron chi connectivity index (χ2n) is 4.70. The molecule has 0 heterocycles. The van der Waals surface area contributed by atoms with Gasteiger partial charge < -0.3 is 5.11 Å². The van der Waals surface area contributed by atoms with Crippen molar-refractivity contribution >= 4 is 5.69 Å². The van der Waals surface area contributed by atoms with E-state index in [0.717, 1.165) is 6.07 Å². The third-order valence-electron chi connectivity index (χ3n) is 3.25. The molecule has 2 aromatic rings. The van der Waals surface area contributed by atoms with E-state index in [-0.39, 0.29) is 23.2 Å². The Morgan fingerprint density at radius 1 is 1.24 bits per heavy atom. The molecule has 0 fully saturated rings. The molecule has 6 heteroatoms. The lowest BCUT2D eigenvalue weighted by atomic mass is 9.98. The number of benzene rings is 2. The molecular weight excluding hydrogens is 280 g/mol. The van der Waals surface area contributed by atoms with Crippen LogP contribution in [-0.2, 0) is 6.42 Å². The van der Waals surface area contributed by atoms with E-state index in [2.05, 4.69) is 0 Å². The molecule has 0 saturated heterocycles. The van der Waals surface area contributed by atoms with E-state index in [1.807, 2.05) is 0 Å². The lowest BCUT2D eigenvalue weighted by Crippen LogP contribution is -2.09. The van der Waals surface area contributed by atoms with Gasteiger partial charge in [0.15, 0.2) is 0 Å². The first-order valence-electron chi connectivity index (χ1n) is 6.26. The average molecular weight is 293 g/mol. The van der Waals surface area contributed by atoms with Gasteiger partial charge in [-0.05, 0) is 18.6 Å². The number of aliphatic hydroxyl groups excluding tert-OH is 1. The molecule has 1 unspecified atom stereocenters. The highest BCUT2D eigenvalue weighted by molar-refractivity contribution is 5.41. The van der Waals surface area contributed by atoms with Crippen molar-refractivity contribution in [1.29, 1.82) is 0 Å². The van der Waals surface area contributed by atoms with Gasteiger partial charge in [-0.3, -0.25) is 10.1 Å². The van der Waals surface area contributed by atoms with E-state index in [4.69, 9.17) is 0 Å². The van der Waals surface area contributed by atoms with Gasteiger partial charge in [0.1, 0.15) is 11.6 Å². The van der Waals surface area contributed by atoms with E-state index in [1.165, 1.54) is 31.2 Å². The molecule has 0 bridgehead atoms. The maximum absolute atomic E-state index is 13.9. The zero-order chi connectivity index (χ0) is 15.6. The maximum Gasteiger partial charge on any atom is 0.272 e. The largest absolute Gasteiger partial charge is 0.388 e. The Labute approximate surface area is 119 Å². The fourth-order valence-corrected chi connectivity index (χ4v) is 2.16. The highest BCUT2D eigenvalue weighted by atomic mass is 19.1. The summed E-state index contributed by atoms with van der Waals surface area (Å²) in [5, 5.41) is 21.0. The van der Waals surface area contributed by atoms with Crippen molar-refractivity contribution in [2.45, 2.75) is 19.4 Å². The summed E-state index contributed by atoms with van der Waals surface area (Å²) in [6.45, 7) is 1.45. The predicted octanol–water partition coefficient (Wildman–Crippen LogP) is 3.46. The molecule has 0 spiro atoms. The van der Waals surface area contributed by atoms with Crippen molar-refractivity contribution in [3.8, 4) is 0 Å². The summed E-state index contributed by atoms with van der Waals surface area (Å²) >= 11 is 0. The van der Waals surface area contributed by atoms with Gasteiger partial charge >= 0.3 is 0 Å². The normalized spacial score (nSPS) is 12.2. The molecule has 4 nitrogen and oxygen atoms in total. The minimum atomic E-state index is -1.49. The first-order chi connectivity index (χ1) is 9.91. The maximum atomic E-state index is 13.9. The molecule has 0 amide bonds. The standard InChI is InChI=1S/C15H13F2NO3/c1-9-6-7-11(16)14(15(9)17)13(19)8-10-4-2-3-5-12(10)18(20)21/h2-7,13,19H,8H2,1H3. The van der Waals surface area contributed by atoms with E-state index in [0.29, 0.717) is 0 Å². The number of rotatable bonds is 4. The molecule has 0 aliphatic rings. The van der Waals surface area contributed by atoms with Crippen LogP contribution in [0.2, 0.25) is 0 Å². The molecule has 1 N–H and O–H groups in total. The van der Waals surface area contributed by atoms with Crippen molar-refractivity contribution < 1.29 is 18.8 Å². The average Bonchev–Trinajstić information content (AvgIpc) is 2.43. The highest BCUT2D eigenvalue weighted by Gasteiger charge is 2.23. The third kappa shape index (κ3) is 3.05. The van der Waals surface area contributed by atoms with Crippen LogP contribution in [0.1, 0.15) is 22.8 Å². The van der Waals surface area contributed by atoms with Crippen LogP contribution < -0.4 is 0 Å². The Kier molecular flexibility index (Phi) is 4.28. The third-order valence-corrected chi connectivity index (χ3v) is 3.25. The van der Waals surface area contributed by atoms with E-state index in [9.17, 15) is 24.0 Å². The number of nitrogens with zero attached hydrogens (tertiary/aromatic N) is 1. The van der Waals surface area contributed by atoms with Gasteiger partial charge in [0.05, 0.1) is 16.6 Å². The molecule has 2 rings (SSSR count). The van der Waals surface area contributed by atoms with Gasteiger partial charge in [-0.25, -0.2) is 8.78 Å². The van der Waals surface area contributed by atoms with Crippen LogP contribution in [0.3, 0.4) is 0 Å². The second-order valence-corrected chi connectivity index (χ2v) is 4.70. The van der Waals surface area contributed by atoms with Crippen LogP contribution in [0.5, 0.6) is 0 Å². The summed E-state index contributed by atoms with van der Waals surface area (Å²) in [7, 11) is 0. The van der Waals surface area contributed by atoms with Gasteiger partial charge in [-0.2, -0.15) is 0 Å². The Morgan fingerprint density at radius 2 is 1.90 bits per heavy atom. The van der Waals surface area contributed by atoms with Crippen LogP contribution in [0, 0.1) is 28.7 Å². The van der Waals surface area contributed by atoms with E-state index in [1.54, 1.807) is 6.07 Å². The van der Waals surface area contributed by atoms with Gasteiger partial charge in [0.25, 0.3) is 5.69 Å². The number of halogens is 2. The first-order valence-corrected chi connectivity index (χ1v) is 6.26. The zero-order valence-corrected chi connectivity index (χ0v) is 11.2. The molecule has 21 heavy (non-hydrogen) atoms. The number of hydrogen-bond donors (Lipinski definition) is 1. The smallest absolute Gasteiger partial charge is 0.272 e. The van der Waals surface area contributed by atoms with E-state index < -0.39 is 28.2 Å². The lowest BCUT2D eigenvalue weighted by Gasteiger charge is -2.14. The Morgan fingerprint density at radius 3 is 2.57 bits per heavy atom. The fraction of sp³-hybridized carbons (Fsp3) is 0.200. The number of aryl methyl sites for hydroxylation is 1. The molecule has 0 radical (unpaired) electrons. The molecule has 1 atom stereocenters. The Balaban J connectivity index is 2.38. The fourth-order valence-electron chi connectivity index (χ4n) is 2.16. The van der Waals surface area contributed by atoms with Crippen molar-refractivity contribution in [2.24, 2.45) is 0 Å². The minimum Gasteiger partial charge on any atom is -0.388 e. The summed E-state index contributed by atoms with van der Waals surface area (Å²) in [6.07, 6.45) is -1.74. The van der Waals surface area contributed by atoms with Crippen molar-refractivity contribution in [2.75, 3.05) is 0 Å². The molecule has 0 aliphatic carbocycles. The van der Waals surface area contributed by atoms with Gasteiger partial charge in [0, 0.05) is 18.1 Å². The van der Waals surface area contributed by atoms with Crippen molar-refractivity contribution in [3.63, 3.8) is 0 Å². The second kappa shape index (κ2) is 5.97. The summed E-state index contributed by atoms with van der Waals surface area (Å²) in [5.41, 5.74) is -0.235. The molecule has 2 aromatic carbocycles. The lowest BCUT2D eigenvalue weighted by molar-refractivity contribution is -0.385. The Hall–Kier alpha value is -2.34. The van der Waals surface area contributed by atoms with E-state index >= 15 is 0 Å². The van der Waals surface area contributed by atoms with Crippen LogP contribution in [0.15, 0.2) is 36.4 Å². The number of nitro groups is 1. The van der Waals surface area contributed by atoms with Crippen LogP contribution in [0.25, 0.3) is 0 Å². The SMILES string of the molecule is Cc1ccc(F)c(C(O)Cc2ccccc2[N+](=O)[O-])c1F. The van der Waals surface area contributed by atoms with Crippen molar-refractivity contribution in [3.05, 3.63) is 74.8 Å². The van der Waals surface area contributed by atoms with Gasteiger partial charge in [0.2, 0.25) is 0 Å². The number of nitro benzene ring substituents is 1. The first kappa shape index (κ1) is 15.1. The van der Waals surface area contributed by atoms with Gasteiger partial charge in [-0.15, -0.1) is 0 Å². The summed E-state index contributed by atoms with van der Waals surface area (Å²) in [6, 6.07) is 8.13. The number of aliphatic hydroxyl groups is 1. The summed E-state index contributed by atoms with van der Waals surface area (Å²) < 4.78 is 27.6. The summed E-state index contributed by atoms with van der Waals surface area (Å²) in [5.74, 6) is -1.70. The van der Waals surface area contributed by atoms with Crippen LogP contribution >= 0.6 is 0 Å². The highest BCUT2D eigenvalue weighted by Crippen LogP contribution is 2.29. The molecule has 0 aliphatic heterocycles.